The summed E-state index contributed by atoms with van der Waals surface area (Å²) >= 11 is 0. The smallest absolute Gasteiger partial charge is 0.324 e. The molecule has 1 atom stereocenters. The van der Waals surface area contributed by atoms with Gasteiger partial charge in [-0.2, -0.15) is 0 Å². The first kappa shape index (κ1) is 15.7. The van der Waals surface area contributed by atoms with Gasteiger partial charge in [0.05, 0.1) is 11.4 Å². The minimum atomic E-state index is 0.165. The minimum absolute atomic E-state index is 0.165. The number of nitrogens with one attached hydrogen (secondary N) is 1. The first-order chi connectivity index (χ1) is 12.8. The van der Waals surface area contributed by atoms with Gasteiger partial charge in [0.1, 0.15) is 0 Å². The van der Waals surface area contributed by atoms with Crippen LogP contribution in [0.2, 0.25) is 0 Å². The summed E-state index contributed by atoms with van der Waals surface area (Å²) in [4.78, 5) is 17.4. The molecule has 4 heteroatoms. The third-order valence-corrected chi connectivity index (χ3v) is 6.39. The van der Waals surface area contributed by atoms with E-state index in [1.165, 1.54) is 30.4 Å². The summed E-state index contributed by atoms with van der Waals surface area (Å²) in [6.45, 7) is 3.26. The Morgan fingerprint density at radius 3 is 2.81 bits per heavy atom. The third kappa shape index (κ3) is 2.39. The second kappa shape index (κ2) is 6.04. The van der Waals surface area contributed by atoms with Gasteiger partial charge >= 0.3 is 6.03 Å². The molecule has 0 bridgehead atoms. The molecule has 2 aliphatic heterocycles. The fourth-order valence-electron chi connectivity index (χ4n) is 5.12. The molecule has 1 N–H and O–H groups in total. The fraction of sp³-hybridized carbons (Fsp3) is 0.409. The molecule has 1 unspecified atom stereocenters. The van der Waals surface area contributed by atoms with Gasteiger partial charge < -0.3 is 10.2 Å². The average molecular weight is 347 g/mol. The van der Waals surface area contributed by atoms with Crippen LogP contribution in [-0.4, -0.2) is 37.1 Å². The molecule has 2 aromatic rings. The zero-order valence-corrected chi connectivity index (χ0v) is 15.1. The molecule has 0 saturated carbocycles. The SMILES string of the molecule is O=C(N1CCC2(CCCc3ccccc32)C1)N1CCNc2ccccc21. The monoisotopic (exact) mass is 347 g/mol. The summed E-state index contributed by atoms with van der Waals surface area (Å²) in [5.41, 5.74) is 5.21. The summed E-state index contributed by atoms with van der Waals surface area (Å²) in [5, 5.41) is 3.40. The lowest BCUT2D eigenvalue weighted by Gasteiger charge is -2.37. The van der Waals surface area contributed by atoms with Crippen molar-refractivity contribution in [2.75, 3.05) is 36.4 Å². The minimum Gasteiger partial charge on any atom is -0.382 e. The van der Waals surface area contributed by atoms with Crippen molar-refractivity contribution in [2.24, 2.45) is 0 Å². The lowest BCUT2D eigenvalue weighted by Crippen LogP contribution is -2.47. The number of fused-ring (bicyclic) bond motifs is 3. The van der Waals surface area contributed by atoms with Gasteiger partial charge in [-0.3, -0.25) is 4.90 Å². The van der Waals surface area contributed by atoms with Gasteiger partial charge in [0, 0.05) is 31.6 Å². The molecule has 134 valence electrons. The quantitative estimate of drug-likeness (QED) is 0.781. The molecule has 0 radical (unpaired) electrons. The highest BCUT2D eigenvalue weighted by molar-refractivity contribution is 5.96. The molecule has 4 nitrogen and oxygen atoms in total. The third-order valence-electron chi connectivity index (χ3n) is 6.39. The van der Waals surface area contributed by atoms with Crippen molar-refractivity contribution in [2.45, 2.75) is 31.1 Å². The Morgan fingerprint density at radius 2 is 1.85 bits per heavy atom. The van der Waals surface area contributed by atoms with Gasteiger partial charge in [0.2, 0.25) is 0 Å². The number of carbonyl (C=O) groups excluding carboxylic acids is 1. The second-order valence-electron chi connectivity index (χ2n) is 7.84. The van der Waals surface area contributed by atoms with Crippen LogP contribution in [0.3, 0.4) is 0 Å². The number of hydrogen-bond donors (Lipinski definition) is 1. The van der Waals surface area contributed by atoms with E-state index < -0.39 is 0 Å². The number of nitrogens with zero attached hydrogens (tertiary/aromatic N) is 2. The predicted molar refractivity (Wildman–Crippen MR) is 105 cm³/mol. The van der Waals surface area contributed by atoms with E-state index in [2.05, 4.69) is 40.5 Å². The second-order valence-corrected chi connectivity index (χ2v) is 7.84. The molecule has 0 aromatic heterocycles. The highest BCUT2D eigenvalue weighted by Crippen LogP contribution is 2.44. The Balaban J connectivity index is 1.42. The Hall–Kier alpha value is -2.49. The van der Waals surface area contributed by atoms with Gasteiger partial charge in [-0.25, -0.2) is 4.79 Å². The summed E-state index contributed by atoms with van der Waals surface area (Å²) in [6, 6.07) is 17.2. The number of hydrogen-bond acceptors (Lipinski definition) is 2. The van der Waals surface area contributed by atoms with E-state index in [-0.39, 0.29) is 11.4 Å². The number of urea groups is 1. The van der Waals surface area contributed by atoms with E-state index in [1.54, 1.807) is 0 Å². The van der Waals surface area contributed by atoms with Gasteiger partial charge in [-0.15, -0.1) is 0 Å². The Kier molecular flexibility index (Phi) is 3.66. The largest absolute Gasteiger partial charge is 0.382 e. The van der Waals surface area contributed by atoms with Crippen molar-refractivity contribution >= 4 is 17.4 Å². The highest BCUT2D eigenvalue weighted by atomic mass is 16.2. The van der Waals surface area contributed by atoms with Crippen molar-refractivity contribution in [3.05, 3.63) is 59.7 Å². The topological polar surface area (TPSA) is 35.6 Å². The standard InChI is InChI=1S/C22H25N3O/c26-21(25-15-13-23-19-9-3-4-10-20(19)25)24-14-12-22(16-24)11-5-7-17-6-1-2-8-18(17)22/h1-4,6,8-10,23H,5,7,11-16H2. The number of rotatable bonds is 0. The Morgan fingerprint density at radius 1 is 1.00 bits per heavy atom. The molecule has 1 fully saturated rings. The van der Waals surface area contributed by atoms with Crippen molar-refractivity contribution in [1.29, 1.82) is 0 Å². The number of amides is 2. The van der Waals surface area contributed by atoms with E-state index >= 15 is 0 Å². The van der Waals surface area contributed by atoms with Crippen molar-refractivity contribution in [1.82, 2.24) is 4.90 Å². The van der Waals surface area contributed by atoms with E-state index in [4.69, 9.17) is 0 Å². The van der Waals surface area contributed by atoms with Crippen molar-refractivity contribution < 1.29 is 4.79 Å². The number of para-hydroxylation sites is 2. The van der Waals surface area contributed by atoms with Gasteiger partial charge in [-0.05, 0) is 48.9 Å². The van der Waals surface area contributed by atoms with Crippen LogP contribution in [0.4, 0.5) is 16.2 Å². The molecule has 5 rings (SSSR count). The van der Waals surface area contributed by atoms with Crippen molar-refractivity contribution in [3.63, 3.8) is 0 Å². The Bertz CT molecular complexity index is 849. The molecule has 2 heterocycles. The summed E-state index contributed by atoms with van der Waals surface area (Å²) in [7, 11) is 0. The van der Waals surface area contributed by atoms with E-state index in [0.717, 1.165) is 44.0 Å². The summed E-state index contributed by atoms with van der Waals surface area (Å²) < 4.78 is 0. The zero-order chi connectivity index (χ0) is 17.6. The highest BCUT2D eigenvalue weighted by Gasteiger charge is 2.44. The van der Waals surface area contributed by atoms with E-state index in [1.807, 2.05) is 23.1 Å². The number of carbonyl (C=O) groups is 1. The van der Waals surface area contributed by atoms with Crippen LogP contribution in [0.25, 0.3) is 0 Å². The van der Waals surface area contributed by atoms with Crippen LogP contribution < -0.4 is 10.2 Å². The first-order valence-corrected chi connectivity index (χ1v) is 9.75. The molecule has 1 saturated heterocycles. The van der Waals surface area contributed by atoms with Crippen LogP contribution in [0.15, 0.2) is 48.5 Å². The predicted octanol–water partition coefficient (Wildman–Crippen LogP) is 4.02. The van der Waals surface area contributed by atoms with Gasteiger partial charge in [0.25, 0.3) is 0 Å². The first-order valence-electron chi connectivity index (χ1n) is 9.75. The van der Waals surface area contributed by atoms with Crippen LogP contribution in [0.1, 0.15) is 30.4 Å². The van der Waals surface area contributed by atoms with Crippen LogP contribution in [0, 0.1) is 0 Å². The maximum absolute atomic E-state index is 13.3. The maximum atomic E-state index is 13.3. The van der Waals surface area contributed by atoms with Crippen LogP contribution in [0.5, 0.6) is 0 Å². The lowest BCUT2D eigenvalue weighted by molar-refractivity contribution is 0.211. The van der Waals surface area contributed by atoms with E-state index in [0.29, 0.717) is 0 Å². The maximum Gasteiger partial charge on any atom is 0.324 e. The average Bonchev–Trinajstić information content (AvgIpc) is 3.12. The van der Waals surface area contributed by atoms with Gasteiger partial charge in [0.15, 0.2) is 0 Å². The number of anilines is 2. The number of likely N-dealkylation sites (tertiary alicyclic amines) is 1. The Labute approximate surface area is 154 Å². The molecule has 2 amide bonds. The van der Waals surface area contributed by atoms with Crippen LogP contribution >= 0.6 is 0 Å². The molecule has 1 aliphatic carbocycles. The number of aryl methyl sites for hydroxylation is 1. The fourth-order valence-corrected chi connectivity index (χ4v) is 5.12. The lowest BCUT2D eigenvalue weighted by atomic mass is 9.69. The van der Waals surface area contributed by atoms with Crippen molar-refractivity contribution in [3.8, 4) is 0 Å². The molecule has 26 heavy (non-hydrogen) atoms. The molecular formula is C22H25N3O. The summed E-state index contributed by atoms with van der Waals surface area (Å²) in [5.74, 6) is 0. The summed E-state index contributed by atoms with van der Waals surface area (Å²) in [6.07, 6.45) is 4.70. The molecule has 1 spiro atoms. The molecule has 2 aromatic carbocycles. The molecule has 3 aliphatic rings. The van der Waals surface area contributed by atoms with Crippen LogP contribution in [-0.2, 0) is 11.8 Å². The van der Waals surface area contributed by atoms with E-state index in [9.17, 15) is 4.79 Å². The zero-order valence-electron chi connectivity index (χ0n) is 15.1. The molecular weight excluding hydrogens is 322 g/mol. The normalized spacial score (nSPS) is 24.2. The van der Waals surface area contributed by atoms with Gasteiger partial charge in [-0.1, -0.05) is 36.4 Å². The number of benzene rings is 2.